The van der Waals surface area contributed by atoms with Crippen LogP contribution < -0.4 is 10.1 Å². The molecule has 0 unspecified atom stereocenters. The van der Waals surface area contributed by atoms with Crippen molar-refractivity contribution in [1.29, 1.82) is 0 Å². The van der Waals surface area contributed by atoms with Crippen LogP contribution >= 0.6 is 11.6 Å². The highest BCUT2D eigenvalue weighted by Gasteiger charge is 2.24. The Balaban J connectivity index is 2.13. The van der Waals surface area contributed by atoms with E-state index in [-0.39, 0.29) is 30.5 Å². The van der Waals surface area contributed by atoms with Gasteiger partial charge in [0.2, 0.25) is 5.91 Å². The largest absolute Gasteiger partial charge is 0.488 e. The maximum Gasteiger partial charge on any atom is 0.253 e. The lowest BCUT2D eigenvalue weighted by atomic mass is 10.1. The van der Waals surface area contributed by atoms with Crippen LogP contribution in [0.5, 0.6) is 5.75 Å². The summed E-state index contributed by atoms with van der Waals surface area (Å²) in [7, 11) is 0. The Morgan fingerprint density at radius 2 is 2.04 bits per heavy atom. The molecule has 2 amide bonds. The van der Waals surface area contributed by atoms with Crippen LogP contribution in [0.15, 0.2) is 23.8 Å². The van der Waals surface area contributed by atoms with E-state index in [4.69, 9.17) is 16.3 Å². The summed E-state index contributed by atoms with van der Waals surface area (Å²) in [6, 6.07) is 5.28. The fraction of sp³-hybridized carbons (Fsp3) is 0.444. The molecular formula is C18H23ClN2O3. The van der Waals surface area contributed by atoms with Gasteiger partial charge in [-0.3, -0.25) is 9.59 Å². The Morgan fingerprint density at radius 3 is 2.67 bits per heavy atom. The van der Waals surface area contributed by atoms with Crippen LogP contribution in [0.1, 0.15) is 33.3 Å². The molecule has 5 nitrogen and oxygen atoms in total. The lowest BCUT2D eigenvalue weighted by molar-refractivity contribution is -0.133. The van der Waals surface area contributed by atoms with E-state index in [0.29, 0.717) is 22.9 Å². The molecule has 24 heavy (non-hydrogen) atoms. The van der Waals surface area contributed by atoms with Crippen LogP contribution in [0.4, 0.5) is 0 Å². The van der Waals surface area contributed by atoms with Gasteiger partial charge in [0.25, 0.3) is 5.91 Å². The summed E-state index contributed by atoms with van der Waals surface area (Å²) < 4.78 is 5.62. The molecule has 1 heterocycles. The number of ether oxygens (including phenoxy) is 1. The molecule has 0 bridgehead atoms. The van der Waals surface area contributed by atoms with Crippen LogP contribution in [0.2, 0.25) is 5.02 Å². The lowest BCUT2D eigenvalue weighted by Gasteiger charge is -2.26. The molecule has 0 fully saturated rings. The van der Waals surface area contributed by atoms with Crippen molar-refractivity contribution in [2.24, 2.45) is 0 Å². The van der Waals surface area contributed by atoms with Crippen molar-refractivity contribution in [3.63, 3.8) is 0 Å². The molecule has 0 atom stereocenters. The summed E-state index contributed by atoms with van der Waals surface area (Å²) in [5.41, 5.74) is 0.949. The van der Waals surface area contributed by atoms with Crippen molar-refractivity contribution in [3.8, 4) is 5.75 Å². The van der Waals surface area contributed by atoms with E-state index in [2.05, 4.69) is 5.32 Å². The number of amides is 2. The second-order valence-electron chi connectivity index (χ2n) is 6.76. The summed E-state index contributed by atoms with van der Waals surface area (Å²) in [6.07, 6.45) is 1.78. The van der Waals surface area contributed by atoms with Gasteiger partial charge in [0.15, 0.2) is 0 Å². The molecule has 1 aliphatic rings. The average Bonchev–Trinajstić information content (AvgIpc) is 2.49. The topological polar surface area (TPSA) is 58.6 Å². The SMILES string of the molecule is CCN(CC(=O)NC(C)(C)C)C(=O)C1=Cc2cc(Cl)ccc2OC1. The minimum Gasteiger partial charge on any atom is -0.488 e. The Hall–Kier alpha value is -2.01. The zero-order chi connectivity index (χ0) is 17.9. The summed E-state index contributed by atoms with van der Waals surface area (Å²) in [5.74, 6) is 0.315. The van der Waals surface area contributed by atoms with E-state index in [0.717, 1.165) is 5.56 Å². The normalized spacial score (nSPS) is 13.5. The molecule has 2 rings (SSSR count). The average molecular weight is 351 g/mol. The minimum absolute atomic E-state index is 0.0202. The van der Waals surface area contributed by atoms with Gasteiger partial charge in [-0.2, -0.15) is 0 Å². The molecular weight excluding hydrogens is 328 g/mol. The predicted molar refractivity (Wildman–Crippen MR) is 95.1 cm³/mol. The van der Waals surface area contributed by atoms with Gasteiger partial charge in [0.1, 0.15) is 12.4 Å². The van der Waals surface area contributed by atoms with Gasteiger partial charge in [0, 0.05) is 22.7 Å². The first-order chi connectivity index (χ1) is 11.2. The molecule has 0 aliphatic carbocycles. The zero-order valence-electron chi connectivity index (χ0n) is 14.5. The van der Waals surface area contributed by atoms with Gasteiger partial charge >= 0.3 is 0 Å². The molecule has 0 saturated carbocycles. The van der Waals surface area contributed by atoms with Crippen molar-refractivity contribution >= 4 is 29.5 Å². The first-order valence-corrected chi connectivity index (χ1v) is 8.30. The van der Waals surface area contributed by atoms with Crippen LogP contribution in [0, 0.1) is 0 Å². The van der Waals surface area contributed by atoms with Crippen molar-refractivity contribution in [2.45, 2.75) is 33.2 Å². The van der Waals surface area contributed by atoms with Crippen molar-refractivity contribution < 1.29 is 14.3 Å². The third-order valence-electron chi connectivity index (χ3n) is 3.48. The molecule has 1 N–H and O–H groups in total. The fourth-order valence-corrected chi connectivity index (χ4v) is 2.61. The molecule has 0 radical (unpaired) electrons. The number of hydrogen-bond donors (Lipinski definition) is 1. The smallest absolute Gasteiger partial charge is 0.253 e. The predicted octanol–water partition coefficient (Wildman–Crippen LogP) is 2.88. The second kappa shape index (κ2) is 7.26. The van der Waals surface area contributed by atoms with E-state index in [9.17, 15) is 9.59 Å². The van der Waals surface area contributed by atoms with E-state index >= 15 is 0 Å². The number of benzene rings is 1. The van der Waals surface area contributed by atoms with Gasteiger partial charge in [0.05, 0.1) is 12.1 Å². The maximum atomic E-state index is 12.7. The van der Waals surface area contributed by atoms with E-state index < -0.39 is 0 Å². The number of nitrogens with one attached hydrogen (secondary N) is 1. The quantitative estimate of drug-likeness (QED) is 0.908. The number of fused-ring (bicyclic) bond motifs is 1. The highest BCUT2D eigenvalue weighted by Crippen LogP contribution is 2.29. The van der Waals surface area contributed by atoms with Gasteiger partial charge in [-0.1, -0.05) is 11.6 Å². The molecule has 0 aromatic heterocycles. The second-order valence-corrected chi connectivity index (χ2v) is 7.19. The van der Waals surface area contributed by atoms with Gasteiger partial charge in [-0.05, 0) is 52.0 Å². The Kier molecular flexibility index (Phi) is 5.54. The Bertz CT molecular complexity index is 677. The van der Waals surface area contributed by atoms with Gasteiger partial charge in [-0.15, -0.1) is 0 Å². The molecule has 0 spiro atoms. The summed E-state index contributed by atoms with van der Waals surface area (Å²) in [4.78, 5) is 26.3. The minimum atomic E-state index is -0.331. The van der Waals surface area contributed by atoms with Crippen molar-refractivity contribution in [1.82, 2.24) is 10.2 Å². The zero-order valence-corrected chi connectivity index (χ0v) is 15.2. The number of rotatable bonds is 4. The first-order valence-electron chi connectivity index (χ1n) is 7.93. The molecule has 1 aromatic rings. The summed E-state index contributed by atoms with van der Waals surface area (Å²) >= 11 is 5.99. The standard InChI is InChI=1S/C18H23ClN2O3/c1-5-21(10-16(22)20-18(2,3)4)17(23)13-8-12-9-14(19)6-7-15(12)24-11-13/h6-9H,5,10-11H2,1-4H3,(H,20,22). The summed E-state index contributed by atoms with van der Waals surface area (Å²) in [5, 5.41) is 3.45. The number of halogens is 1. The van der Waals surface area contributed by atoms with E-state index in [1.165, 1.54) is 4.90 Å². The molecule has 0 saturated heterocycles. The first kappa shape index (κ1) is 18.3. The maximum absolute atomic E-state index is 12.7. The number of hydrogen-bond acceptors (Lipinski definition) is 3. The van der Waals surface area contributed by atoms with Gasteiger partial charge < -0.3 is 15.0 Å². The summed E-state index contributed by atoms with van der Waals surface area (Å²) in [6.45, 7) is 8.20. The monoisotopic (exact) mass is 350 g/mol. The number of carbonyl (C=O) groups excluding carboxylic acids is 2. The van der Waals surface area contributed by atoms with Crippen molar-refractivity contribution in [3.05, 3.63) is 34.4 Å². The molecule has 6 heteroatoms. The van der Waals surface area contributed by atoms with Crippen LogP contribution in [0.3, 0.4) is 0 Å². The third-order valence-corrected chi connectivity index (χ3v) is 3.71. The molecule has 1 aromatic carbocycles. The third kappa shape index (κ3) is 4.74. The van der Waals surface area contributed by atoms with Crippen LogP contribution in [-0.2, 0) is 9.59 Å². The highest BCUT2D eigenvalue weighted by atomic mass is 35.5. The highest BCUT2D eigenvalue weighted by molar-refractivity contribution is 6.30. The van der Waals surface area contributed by atoms with Crippen LogP contribution in [0.25, 0.3) is 6.08 Å². The molecule has 130 valence electrons. The number of carbonyl (C=O) groups is 2. The van der Waals surface area contributed by atoms with Crippen molar-refractivity contribution in [2.75, 3.05) is 19.7 Å². The molecule has 1 aliphatic heterocycles. The number of likely N-dealkylation sites (N-methyl/N-ethyl adjacent to an activating group) is 1. The number of nitrogens with zero attached hydrogens (tertiary/aromatic N) is 1. The van der Waals surface area contributed by atoms with Gasteiger partial charge in [-0.25, -0.2) is 0 Å². The van der Waals surface area contributed by atoms with E-state index in [1.807, 2.05) is 27.7 Å². The fourth-order valence-electron chi connectivity index (χ4n) is 2.43. The Labute approximate surface area is 147 Å². The van der Waals surface area contributed by atoms with Crippen LogP contribution in [-0.4, -0.2) is 41.9 Å². The lowest BCUT2D eigenvalue weighted by Crippen LogP contribution is -2.47. The Morgan fingerprint density at radius 1 is 1.33 bits per heavy atom. The van der Waals surface area contributed by atoms with E-state index in [1.54, 1.807) is 24.3 Å².